The molecule has 0 radical (unpaired) electrons. The summed E-state index contributed by atoms with van der Waals surface area (Å²) in [4.78, 5) is 22.5. The minimum absolute atomic E-state index is 0.0760. The molecule has 0 unspecified atom stereocenters. The van der Waals surface area contributed by atoms with E-state index in [0.29, 0.717) is 26.1 Å². The molecule has 208 valence electrons. The maximum atomic E-state index is 11.6. The summed E-state index contributed by atoms with van der Waals surface area (Å²) < 4.78 is 13.3. The minimum Gasteiger partial charge on any atom is -0.494 e. The molecule has 7 heteroatoms. The number of nitrogens with zero attached hydrogens (tertiary/aromatic N) is 1. The van der Waals surface area contributed by atoms with Gasteiger partial charge in [0.2, 0.25) is 0 Å². The van der Waals surface area contributed by atoms with Gasteiger partial charge >= 0.3 is 11.9 Å². The quantitative estimate of drug-likeness (QED) is 0.126. The van der Waals surface area contributed by atoms with Crippen LogP contribution in [-0.2, 0) is 22.6 Å². The van der Waals surface area contributed by atoms with Crippen LogP contribution in [0.4, 0.5) is 0 Å². The Labute approximate surface area is 234 Å². The van der Waals surface area contributed by atoms with Crippen molar-refractivity contribution in [3.05, 3.63) is 95.2 Å². The first-order valence-electron chi connectivity index (χ1n) is 13.5. The van der Waals surface area contributed by atoms with Gasteiger partial charge in [-0.15, -0.1) is 0 Å². The van der Waals surface area contributed by atoms with Gasteiger partial charge in [0.05, 0.1) is 18.7 Å². The molecule has 0 bridgehead atoms. The summed E-state index contributed by atoms with van der Waals surface area (Å²) in [5.74, 6) is -0.0761. The Morgan fingerprint density at radius 1 is 0.825 bits per heavy atom. The van der Waals surface area contributed by atoms with E-state index in [9.17, 15) is 14.7 Å². The molecule has 4 aromatic rings. The SMILES string of the molecule is Cc1cc(/C=C/c2ccc(OCCCCOc3ccccc3)cc2)c2c(c1)c(CCCC(=O)O)cn2CC(=O)O. The maximum absolute atomic E-state index is 11.6. The molecule has 3 aromatic carbocycles. The number of para-hydroxylation sites is 1. The Morgan fingerprint density at radius 2 is 1.50 bits per heavy atom. The zero-order valence-electron chi connectivity index (χ0n) is 22.7. The van der Waals surface area contributed by atoms with Crippen LogP contribution < -0.4 is 9.47 Å². The molecular weight excluding hydrogens is 506 g/mol. The fourth-order valence-corrected chi connectivity index (χ4v) is 4.68. The molecule has 0 aliphatic heterocycles. The Morgan fingerprint density at radius 3 is 2.15 bits per heavy atom. The number of fused-ring (bicyclic) bond motifs is 1. The molecule has 0 aliphatic carbocycles. The second kappa shape index (κ2) is 14.0. The van der Waals surface area contributed by atoms with E-state index in [1.165, 1.54) is 0 Å². The number of aromatic nitrogens is 1. The fourth-order valence-electron chi connectivity index (χ4n) is 4.68. The molecule has 0 aliphatic rings. The van der Waals surface area contributed by atoms with Gasteiger partial charge in [0.25, 0.3) is 0 Å². The summed E-state index contributed by atoms with van der Waals surface area (Å²) in [7, 11) is 0. The fraction of sp³-hybridized carbons (Fsp3) is 0.273. The molecule has 0 atom stereocenters. The lowest BCUT2D eigenvalue weighted by atomic mass is 10.0. The molecule has 0 fully saturated rings. The largest absolute Gasteiger partial charge is 0.494 e. The van der Waals surface area contributed by atoms with E-state index in [1.807, 2.05) is 92.0 Å². The summed E-state index contributed by atoms with van der Waals surface area (Å²) >= 11 is 0. The van der Waals surface area contributed by atoms with Crippen molar-refractivity contribution in [1.29, 1.82) is 0 Å². The van der Waals surface area contributed by atoms with Gasteiger partial charge in [-0.1, -0.05) is 42.5 Å². The van der Waals surface area contributed by atoms with Gasteiger partial charge < -0.3 is 24.3 Å². The van der Waals surface area contributed by atoms with Crippen molar-refractivity contribution in [2.75, 3.05) is 13.2 Å². The maximum Gasteiger partial charge on any atom is 0.323 e. The van der Waals surface area contributed by atoms with Crippen molar-refractivity contribution in [2.45, 2.75) is 45.6 Å². The lowest BCUT2D eigenvalue weighted by Gasteiger charge is -2.08. The molecule has 0 spiro atoms. The van der Waals surface area contributed by atoms with E-state index in [-0.39, 0.29) is 13.0 Å². The van der Waals surface area contributed by atoms with Gasteiger partial charge in [0.15, 0.2) is 0 Å². The van der Waals surface area contributed by atoms with Gasteiger partial charge in [0, 0.05) is 18.0 Å². The Balaban J connectivity index is 1.39. The number of unbranched alkanes of at least 4 members (excludes halogenated alkanes) is 1. The molecule has 1 aromatic heterocycles. The molecule has 0 amide bonds. The average Bonchev–Trinajstić information content (AvgIpc) is 3.26. The summed E-state index contributed by atoms with van der Waals surface area (Å²) in [6.07, 6.45) is 8.79. The molecule has 4 rings (SSSR count). The minimum atomic E-state index is -0.927. The predicted octanol–water partition coefficient (Wildman–Crippen LogP) is 6.85. The van der Waals surface area contributed by atoms with Crippen molar-refractivity contribution in [3.63, 3.8) is 0 Å². The number of hydrogen-bond donors (Lipinski definition) is 2. The first kappa shape index (κ1) is 28.5. The van der Waals surface area contributed by atoms with Gasteiger partial charge in [-0.2, -0.15) is 0 Å². The van der Waals surface area contributed by atoms with Crippen molar-refractivity contribution >= 4 is 35.0 Å². The molecule has 2 N–H and O–H groups in total. The highest BCUT2D eigenvalue weighted by molar-refractivity contribution is 5.94. The second-order valence-electron chi connectivity index (χ2n) is 9.79. The van der Waals surface area contributed by atoms with Crippen LogP contribution in [-0.4, -0.2) is 39.9 Å². The first-order valence-corrected chi connectivity index (χ1v) is 13.5. The molecule has 0 saturated carbocycles. The van der Waals surface area contributed by atoms with Crippen LogP contribution in [0.15, 0.2) is 72.9 Å². The molecule has 0 saturated heterocycles. The molecular formula is C33H35NO6. The number of benzene rings is 3. The lowest BCUT2D eigenvalue weighted by Crippen LogP contribution is -2.08. The summed E-state index contributed by atoms with van der Waals surface area (Å²) in [5.41, 5.74) is 4.77. The van der Waals surface area contributed by atoms with Crippen molar-refractivity contribution in [3.8, 4) is 11.5 Å². The summed E-state index contributed by atoms with van der Waals surface area (Å²) in [6.45, 7) is 3.11. The number of ether oxygens (including phenoxy) is 2. The Bertz CT molecular complexity index is 1450. The highest BCUT2D eigenvalue weighted by Gasteiger charge is 2.14. The van der Waals surface area contributed by atoms with Crippen molar-refractivity contribution < 1.29 is 29.3 Å². The van der Waals surface area contributed by atoms with Crippen molar-refractivity contribution in [1.82, 2.24) is 4.57 Å². The van der Waals surface area contributed by atoms with E-state index < -0.39 is 11.9 Å². The third-order valence-electron chi connectivity index (χ3n) is 6.53. The molecule has 1 heterocycles. The predicted molar refractivity (Wildman–Crippen MR) is 157 cm³/mol. The highest BCUT2D eigenvalue weighted by Crippen LogP contribution is 2.29. The monoisotopic (exact) mass is 541 g/mol. The van der Waals surface area contributed by atoms with E-state index in [1.54, 1.807) is 4.57 Å². The number of aryl methyl sites for hydroxylation is 2. The van der Waals surface area contributed by atoms with Crippen LogP contribution in [0.3, 0.4) is 0 Å². The second-order valence-corrected chi connectivity index (χ2v) is 9.79. The topological polar surface area (TPSA) is 98.0 Å². The number of aliphatic carboxylic acids is 2. The van der Waals surface area contributed by atoms with E-state index in [4.69, 9.17) is 14.6 Å². The standard InChI is InChI=1S/C33H35NO6/c1-24-20-26(33-30(21-24)27(8-7-11-31(35)36)22-34(33)23-32(37)38)15-12-25-13-16-29(17-14-25)40-19-6-5-18-39-28-9-3-2-4-10-28/h2-4,9-10,12-17,20-22H,5-8,11,18-19,23H2,1H3,(H,35,36)(H,37,38)/b15-12+. The third-order valence-corrected chi connectivity index (χ3v) is 6.53. The number of rotatable bonds is 15. The van der Waals surface area contributed by atoms with Crippen LogP contribution in [0, 0.1) is 6.92 Å². The van der Waals surface area contributed by atoms with E-state index >= 15 is 0 Å². The van der Waals surface area contributed by atoms with E-state index in [0.717, 1.165) is 57.5 Å². The summed E-state index contributed by atoms with van der Waals surface area (Å²) in [5, 5.41) is 19.5. The number of hydrogen-bond acceptors (Lipinski definition) is 4. The van der Waals surface area contributed by atoms with Crippen molar-refractivity contribution in [2.24, 2.45) is 0 Å². The lowest BCUT2D eigenvalue weighted by molar-refractivity contribution is -0.138. The smallest absolute Gasteiger partial charge is 0.323 e. The van der Waals surface area contributed by atoms with Gasteiger partial charge in [-0.3, -0.25) is 9.59 Å². The van der Waals surface area contributed by atoms with E-state index in [2.05, 4.69) is 0 Å². The number of carboxylic acids is 2. The zero-order valence-corrected chi connectivity index (χ0v) is 22.7. The van der Waals surface area contributed by atoms with Crippen LogP contribution in [0.5, 0.6) is 11.5 Å². The van der Waals surface area contributed by atoms with Crippen LogP contribution in [0.25, 0.3) is 23.1 Å². The zero-order chi connectivity index (χ0) is 28.3. The van der Waals surface area contributed by atoms with Gasteiger partial charge in [-0.25, -0.2) is 0 Å². The normalized spacial score (nSPS) is 11.2. The van der Waals surface area contributed by atoms with Crippen LogP contribution >= 0.6 is 0 Å². The first-order chi connectivity index (χ1) is 19.4. The molecule has 7 nitrogen and oxygen atoms in total. The summed E-state index contributed by atoms with van der Waals surface area (Å²) in [6, 6.07) is 21.7. The molecule has 40 heavy (non-hydrogen) atoms. The Kier molecular flexibility index (Phi) is 9.99. The third kappa shape index (κ3) is 8.24. The van der Waals surface area contributed by atoms with Crippen LogP contribution in [0.1, 0.15) is 47.9 Å². The number of carbonyl (C=O) groups is 2. The number of carboxylic acid groups (broad SMARTS) is 2. The van der Waals surface area contributed by atoms with Gasteiger partial charge in [-0.05, 0) is 91.3 Å². The highest BCUT2D eigenvalue weighted by atomic mass is 16.5. The average molecular weight is 542 g/mol. The van der Waals surface area contributed by atoms with Crippen LogP contribution in [0.2, 0.25) is 0 Å². The Hall–Kier alpha value is -4.52. The van der Waals surface area contributed by atoms with Gasteiger partial charge in [0.1, 0.15) is 18.0 Å².